The van der Waals surface area contributed by atoms with Crippen LogP contribution in [0.15, 0.2) is 53.3 Å². The summed E-state index contributed by atoms with van der Waals surface area (Å²) in [6.07, 6.45) is -4.55. The zero-order chi connectivity index (χ0) is 21.5. The number of nitrogens with zero attached hydrogens (tertiary/aromatic N) is 2. The van der Waals surface area contributed by atoms with Crippen LogP contribution in [0.4, 0.5) is 18.9 Å². The average Bonchev–Trinajstić information content (AvgIpc) is 3.07. The first-order valence-electron chi connectivity index (χ1n) is 9.25. The number of alkyl halides is 3. The maximum atomic E-state index is 13.3. The molecule has 156 valence electrons. The minimum Gasteiger partial charge on any atom is -0.395 e. The molecule has 6 nitrogen and oxygen atoms in total. The van der Waals surface area contributed by atoms with Crippen molar-refractivity contribution in [3.8, 4) is 11.3 Å². The molecule has 1 aliphatic heterocycles. The zero-order valence-corrected chi connectivity index (χ0v) is 15.7. The van der Waals surface area contributed by atoms with E-state index in [4.69, 9.17) is 5.11 Å². The maximum Gasteiger partial charge on any atom is 0.417 e. The molecule has 1 saturated heterocycles. The second-order valence-corrected chi connectivity index (χ2v) is 7.07. The molecule has 1 aliphatic rings. The molecule has 3 aromatic rings. The number of carbonyl (C=O) groups is 1. The summed E-state index contributed by atoms with van der Waals surface area (Å²) in [6, 6.07) is 11.4. The minimum absolute atomic E-state index is 0.0688. The summed E-state index contributed by atoms with van der Waals surface area (Å²) in [6.45, 7) is 0.751. The van der Waals surface area contributed by atoms with Gasteiger partial charge in [0.25, 0.3) is 5.56 Å². The van der Waals surface area contributed by atoms with Crippen LogP contribution in [0.25, 0.3) is 22.0 Å². The number of fused-ring (bicyclic) bond motifs is 1. The summed E-state index contributed by atoms with van der Waals surface area (Å²) < 4.78 is 40.0. The average molecular weight is 417 g/mol. The SMILES string of the molecule is O=C1CN(CCO)CN1c1ccc2cc(-c3ccccc3C(F)(F)F)[nH]c(=O)c2c1. The highest BCUT2D eigenvalue weighted by molar-refractivity contribution is 5.99. The van der Waals surface area contributed by atoms with E-state index in [0.717, 1.165) is 6.07 Å². The van der Waals surface area contributed by atoms with Crippen molar-refractivity contribution in [2.24, 2.45) is 0 Å². The topological polar surface area (TPSA) is 76.6 Å². The quantitative estimate of drug-likeness (QED) is 0.685. The molecule has 1 fully saturated rings. The third-order valence-electron chi connectivity index (χ3n) is 5.08. The summed E-state index contributed by atoms with van der Waals surface area (Å²) in [5.74, 6) is -0.157. The Hall–Kier alpha value is -3.17. The number of hydrogen-bond donors (Lipinski definition) is 2. The number of aliphatic hydroxyl groups is 1. The summed E-state index contributed by atoms with van der Waals surface area (Å²) in [4.78, 5) is 30.7. The van der Waals surface area contributed by atoms with Crippen LogP contribution in [0, 0.1) is 0 Å². The highest BCUT2D eigenvalue weighted by Gasteiger charge is 2.33. The molecule has 0 atom stereocenters. The highest BCUT2D eigenvalue weighted by atomic mass is 19.4. The van der Waals surface area contributed by atoms with Gasteiger partial charge in [-0.3, -0.25) is 19.4 Å². The van der Waals surface area contributed by atoms with Gasteiger partial charge in [0.15, 0.2) is 0 Å². The lowest BCUT2D eigenvalue weighted by Gasteiger charge is -2.18. The third-order valence-corrected chi connectivity index (χ3v) is 5.08. The lowest BCUT2D eigenvalue weighted by molar-refractivity contribution is -0.137. The zero-order valence-electron chi connectivity index (χ0n) is 15.7. The molecule has 0 saturated carbocycles. The van der Waals surface area contributed by atoms with Crippen LogP contribution in [0.1, 0.15) is 5.56 Å². The van der Waals surface area contributed by atoms with E-state index < -0.39 is 17.3 Å². The van der Waals surface area contributed by atoms with Gasteiger partial charge in [0.2, 0.25) is 5.91 Å². The normalized spacial score (nSPS) is 15.3. The summed E-state index contributed by atoms with van der Waals surface area (Å²) in [5, 5.41) is 9.79. The minimum atomic E-state index is -4.55. The fourth-order valence-corrected chi connectivity index (χ4v) is 3.65. The van der Waals surface area contributed by atoms with E-state index in [9.17, 15) is 22.8 Å². The van der Waals surface area contributed by atoms with Gasteiger partial charge in [0, 0.05) is 28.9 Å². The first-order valence-corrected chi connectivity index (χ1v) is 9.25. The number of anilines is 1. The largest absolute Gasteiger partial charge is 0.417 e. The Balaban J connectivity index is 1.75. The van der Waals surface area contributed by atoms with E-state index >= 15 is 0 Å². The third kappa shape index (κ3) is 3.69. The Morgan fingerprint density at radius 3 is 2.57 bits per heavy atom. The molecule has 2 N–H and O–H groups in total. The highest BCUT2D eigenvalue weighted by Crippen LogP contribution is 2.36. The Kier molecular flexibility index (Phi) is 5.08. The number of amides is 1. The van der Waals surface area contributed by atoms with Gasteiger partial charge < -0.3 is 10.1 Å². The van der Waals surface area contributed by atoms with E-state index in [1.165, 1.54) is 29.2 Å². The van der Waals surface area contributed by atoms with E-state index in [2.05, 4.69) is 4.98 Å². The number of nitrogens with one attached hydrogen (secondary N) is 1. The van der Waals surface area contributed by atoms with Gasteiger partial charge in [-0.25, -0.2) is 0 Å². The number of aliphatic hydroxyl groups excluding tert-OH is 1. The molecular formula is C21H18F3N3O3. The Labute approximate surface area is 169 Å². The smallest absolute Gasteiger partial charge is 0.395 e. The Morgan fingerprint density at radius 1 is 1.07 bits per heavy atom. The van der Waals surface area contributed by atoms with E-state index in [1.807, 2.05) is 0 Å². The van der Waals surface area contributed by atoms with E-state index in [1.54, 1.807) is 23.1 Å². The van der Waals surface area contributed by atoms with Gasteiger partial charge in [-0.15, -0.1) is 0 Å². The van der Waals surface area contributed by atoms with Crippen molar-refractivity contribution in [3.63, 3.8) is 0 Å². The van der Waals surface area contributed by atoms with Gasteiger partial charge in [0.05, 0.1) is 25.4 Å². The Morgan fingerprint density at radius 2 is 1.83 bits per heavy atom. The summed E-state index contributed by atoms with van der Waals surface area (Å²) >= 11 is 0. The summed E-state index contributed by atoms with van der Waals surface area (Å²) in [7, 11) is 0. The van der Waals surface area contributed by atoms with Crippen molar-refractivity contribution >= 4 is 22.4 Å². The number of aromatic nitrogens is 1. The van der Waals surface area contributed by atoms with Crippen LogP contribution >= 0.6 is 0 Å². The predicted octanol–water partition coefficient (Wildman–Crippen LogP) is 2.81. The second kappa shape index (κ2) is 7.58. The van der Waals surface area contributed by atoms with Crippen LogP contribution in [-0.4, -0.2) is 47.3 Å². The fourth-order valence-electron chi connectivity index (χ4n) is 3.65. The molecule has 4 rings (SSSR count). The monoisotopic (exact) mass is 417 g/mol. The number of carbonyl (C=O) groups excluding carboxylic acids is 1. The van der Waals surface area contributed by atoms with E-state index in [0.29, 0.717) is 24.3 Å². The number of rotatable bonds is 4. The molecule has 2 aromatic carbocycles. The van der Waals surface area contributed by atoms with Crippen LogP contribution in [0.3, 0.4) is 0 Å². The number of hydrogen-bond acceptors (Lipinski definition) is 4. The standard InChI is InChI=1S/C21H18F3N3O3/c22-21(23,24)17-4-2-1-3-15(17)18-9-13-5-6-14(10-16(13)20(30)25-18)27-12-26(7-8-28)11-19(27)29/h1-6,9-10,28H,7-8,11-12H2,(H,25,30). The number of H-pyrrole nitrogens is 1. The molecule has 0 spiro atoms. The lowest BCUT2D eigenvalue weighted by Crippen LogP contribution is -2.28. The van der Waals surface area contributed by atoms with Crippen molar-refractivity contribution in [2.45, 2.75) is 6.18 Å². The number of benzene rings is 2. The summed E-state index contributed by atoms with van der Waals surface area (Å²) in [5.41, 5.74) is -0.896. The first-order chi connectivity index (χ1) is 14.3. The van der Waals surface area contributed by atoms with E-state index in [-0.39, 0.29) is 35.7 Å². The first kappa shape index (κ1) is 20.1. The number of aromatic amines is 1. The van der Waals surface area contributed by atoms with Gasteiger partial charge in [-0.05, 0) is 29.7 Å². The molecule has 1 aromatic heterocycles. The lowest BCUT2D eigenvalue weighted by atomic mass is 10.0. The Bertz CT molecular complexity index is 1170. The van der Waals surface area contributed by atoms with Crippen molar-refractivity contribution < 1.29 is 23.1 Å². The molecule has 30 heavy (non-hydrogen) atoms. The van der Waals surface area contributed by atoms with Crippen molar-refractivity contribution in [1.29, 1.82) is 0 Å². The predicted molar refractivity (Wildman–Crippen MR) is 106 cm³/mol. The van der Waals surface area contributed by atoms with Crippen molar-refractivity contribution in [2.75, 3.05) is 31.3 Å². The number of β-amino-alcohol motifs (C(OH)–C–C–N with tert-alkyl or cyclic N) is 1. The van der Waals surface area contributed by atoms with Crippen LogP contribution in [0.5, 0.6) is 0 Å². The van der Waals surface area contributed by atoms with Gasteiger partial charge in [-0.1, -0.05) is 24.3 Å². The molecule has 9 heteroatoms. The maximum absolute atomic E-state index is 13.3. The molecular weight excluding hydrogens is 399 g/mol. The van der Waals surface area contributed by atoms with Crippen LogP contribution in [-0.2, 0) is 11.0 Å². The van der Waals surface area contributed by atoms with Crippen molar-refractivity contribution in [3.05, 3.63) is 64.4 Å². The van der Waals surface area contributed by atoms with Crippen molar-refractivity contribution in [1.82, 2.24) is 9.88 Å². The molecule has 2 heterocycles. The molecule has 0 aliphatic carbocycles. The van der Waals surface area contributed by atoms with Gasteiger partial charge in [0.1, 0.15) is 0 Å². The van der Waals surface area contributed by atoms with Crippen LogP contribution in [0.2, 0.25) is 0 Å². The number of halogens is 3. The molecule has 0 unspecified atom stereocenters. The fraction of sp³-hybridized carbons (Fsp3) is 0.238. The van der Waals surface area contributed by atoms with Gasteiger partial charge in [-0.2, -0.15) is 13.2 Å². The number of pyridine rings is 1. The second-order valence-electron chi connectivity index (χ2n) is 7.07. The van der Waals surface area contributed by atoms with Gasteiger partial charge >= 0.3 is 6.18 Å². The molecule has 1 amide bonds. The van der Waals surface area contributed by atoms with Crippen LogP contribution < -0.4 is 10.5 Å². The molecule has 0 bridgehead atoms. The molecule has 0 radical (unpaired) electrons.